The number of halogens is 4. The molecule has 0 bridgehead atoms. The van der Waals surface area contributed by atoms with E-state index in [0.717, 1.165) is 29.1 Å². The van der Waals surface area contributed by atoms with Crippen LogP contribution in [0.1, 0.15) is 11.3 Å². The summed E-state index contributed by atoms with van der Waals surface area (Å²) in [5, 5.41) is 0. The lowest BCUT2D eigenvalue weighted by atomic mass is 10.3. The summed E-state index contributed by atoms with van der Waals surface area (Å²) in [6.45, 7) is 0.196. The number of alkyl halides is 3. The molecule has 1 heterocycles. The molecule has 12 heteroatoms. The SMILES string of the molecule is CN(Cc1ccc(Cl)s1)C(=O)CCNS(=O)(=O)c1ccc(OC(F)(F)F)cc1. The second-order valence-corrected chi connectivity index (χ2v) is 9.19. The van der Waals surface area contributed by atoms with Gasteiger partial charge in [-0.15, -0.1) is 24.5 Å². The number of amides is 1. The summed E-state index contributed by atoms with van der Waals surface area (Å²) in [4.78, 5) is 14.2. The largest absolute Gasteiger partial charge is 0.573 e. The van der Waals surface area contributed by atoms with Crippen LogP contribution in [-0.2, 0) is 21.4 Å². The molecule has 1 aromatic carbocycles. The zero-order valence-corrected chi connectivity index (χ0v) is 16.9. The number of rotatable bonds is 8. The Morgan fingerprint density at radius 2 is 1.86 bits per heavy atom. The van der Waals surface area contributed by atoms with Gasteiger partial charge in [-0.2, -0.15) is 0 Å². The van der Waals surface area contributed by atoms with Crippen LogP contribution >= 0.6 is 22.9 Å². The van der Waals surface area contributed by atoms with Gasteiger partial charge in [0.05, 0.1) is 15.8 Å². The molecule has 2 aromatic rings. The highest BCUT2D eigenvalue weighted by Gasteiger charge is 2.31. The number of nitrogens with zero attached hydrogens (tertiary/aromatic N) is 1. The van der Waals surface area contributed by atoms with Crippen molar-refractivity contribution in [2.45, 2.75) is 24.2 Å². The summed E-state index contributed by atoms with van der Waals surface area (Å²) >= 11 is 7.17. The van der Waals surface area contributed by atoms with Crippen molar-refractivity contribution in [3.63, 3.8) is 0 Å². The van der Waals surface area contributed by atoms with Crippen molar-refractivity contribution >= 4 is 38.9 Å². The molecule has 28 heavy (non-hydrogen) atoms. The number of ether oxygens (including phenoxy) is 1. The lowest BCUT2D eigenvalue weighted by molar-refractivity contribution is -0.274. The molecule has 1 aromatic heterocycles. The van der Waals surface area contributed by atoms with E-state index in [0.29, 0.717) is 10.9 Å². The Labute approximate surface area is 168 Å². The monoisotopic (exact) mass is 456 g/mol. The van der Waals surface area contributed by atoms with Gasteiger partial charge in [-0.05, 0) is 36.4 Å². The zero-order chi connectivity index (χ0) is 20.9. The van der Waals surface area contributed by atoms with Crippen molar-refractivity contribution < 1.29 is 31.1 Å². The average Bonchev–Trinajstić information content (AvgIpc) is 2.98. The Kier molecular flexibility index (Phi) is 7.32. The first-order valence-corrected chi connectivity index (χ1v) is 10.5. The smallest absolute Gasteiger partial charge is 0.406 e. The Morgan fingerprint density at radius 3 is 2.39 bits per heavy atom. The van der Waals surface area contributed by atoms with Crippen molar-refractivity contribution in [1.29, 1.82) is 0 Å². The average molecular weight is 457 g/mol. The predicted molar refractivity (Wildman–Crippen MR) is 98.7 cm³/mol. The molecule has 2 rings (SSSR count). The summed E-state index contributed by atoms with van der Waals surface area (Å²) < 4.78 is 67.2. The van der Waals surface area contributed by atoms with Crippen LogP contribution in [0.5, 0.6) is 5.75 Å². The van der Waals surface area contributed by atoms with E-state index in [1.54, 1.807) is 19.2 Å². The molecular formula is C16H16ClF3N2O4S2. The first kappa shape index (κ1) is 22.5. The van der Waals surface area contributed by atoms with Gasteiger partial charge in [-0.1, -0.05) is 11.6 Å². The van der Waals surface area contributed by atoms with Gasteiger partial charge in [0.25, 0.3) is 0 Å². The highest BCUT2D eigenvalue weighted by molar-refractivity contribution is 7.89. The molecule has 0 spiro atoms. The molecule has 1 amide bonds. The van der Waals surface area contributed by atoms with Gasteiger partial charge < -0.3 is 9.64 Å². The topological polar surface area (TPSA) is 75.7 Å². The normalized spacial score (nSPS) is 12.0. The molecular weight excluding hydrogens is 441 g/mol. The maximum atomic E-state index is 12.2. The van der Waals surface area contributed by atoms with Gasteiger partial charge in [0.15, 0.2) is 0 Å². The van der Waals surface area contributed by atoms with Gasteiger partial charge in [0.2, 0.25) is 15.9 Å². The molecule has 0 aliphatic heterocycles. The van der Waals surface area contributed by atoms with E-state index in [-0.39, 0.29) is 23.8 Å². The van der Waals surface area contributed by atoms with Crippen LogP contribution in [0.15, 0.2) is 41.3 Å². The second kappa shape index (κ2) is 9.12. The summed E-state index contributed by atoms with van der Waals surface area (Å²) in [5.74, 6) is -0.807. The third-order valence-electron chi connectivity index (χ3n) is 3.45. The van der Waals surface area contributed by atoms with E-state index in [9.17, 15) is 26.4 Å². The van der Waals surface area contributed by atoms with Crippen molar-refractivity contribution in [2.75, 3.05) is 13.6 Å². The molecule has 0 saturated heterocycles. The highest BCUT2D eigenvalue weighted by atomic mass is 35.5. The third kappa shape index (κ3) is 6.97. The third-order valence-corrected chi connectivity index (χ3v) is 6.14. The van der Waals surface area contributed by atoms with Gasteiger partial charge >= 0.3 is 6.36 Å². The fraction of sp³-hybridized carbons (Fsp3) is 0.312. The van der Waals surface area contributed by atoms with Crippen LogP contribution in [-0.4, -0.2) is 39.2 Å². The zero-order valence-electron chi connectivity index (χ0n) is 14.5. The fourth-order valence-corrected chi connectivity index (χ4v) is 4.32. The van der Waals surface area contributed by atoms with Crippen molar-refractivity contribution in [3.05, 3.63) is 45.6 Å². The molecule has 6 nitrogen and oxygen atoms in total. The Balaban J connectivity index is 1.86. The number of hydrogen-bond donors (Lipinski definition) is 1. The first-order valence-electron chi connectivity index (χ1n) is 7.80. The lowest BCUT2D eigenvalue weighted by Crippen LogP contribution is -2.31. The van der Waals surface area contributed by atoms with Gasteiger partial charge in [0, 0.05) is 24.9 Å². The minimum absolute atomic E-state index is 0.0793. The number of thiophene rings is 1. The van der Waals surface area contributed by atoms with Crippen LogP contribution < -0.4 is 9.46 Å². The van der Waals surface area contributed by atoms with E-state index in [1.807, 2.05) is 0 Å². The maximum absolute atomic E-state index is 12.2. The molecule has 0 saturated carbocycles. The summed E-state index contributed by atoms with van der Waals surface area (Å²) in [6, 6.07) is 7.28. The number of nitrogens with one attached hydrogen (secondary N) is 1. The number of benzene rings is 1. The van der Waals surface area contributed by atoms with Crippen LogP contribution in [0.2, 0.25) is 4.34 Å². The quantitative estimate of drug-likeness (QED) is 0.658. The van der Waals surface area contributed by atoms with Crippen molar-refractivity contribution in [3.8, 4) is 5.75 Å². The minimum Gasteiger partial charge on any atom is -0.406 e. The molecule has 1 N–H and O–H groups in total. The number of hydrogen-bond acceptors (Lipinski definition) is 5. The Morgan fingerprint density at radius 1 is 1.21 bits per heavy atom. The highest BCUT2D eigenvalue weighted by Crippen LogP contribution is 2.24. The maximum Gasteiger partial charge on any atom is 0.573 e. The predicted octanol–water partition coefficient (Wildman–Crippen LogP) is 3.63. The van der Waals surface area contributed by atoms with Gasteiger partial charge in [-0.3, -0.25) is 4.79 Å². The Hall–Kier alpha value is -1.82. The number of sulfonamides is 1. The Bertz CT molecular complexity index is 915. The van der Waals surface area contributed by atoms with Crippen molar-refractivity contribution in [2.24, 2.45) is 0 Å². The van der Waals surface area contributed by atoms with Crippen LogP contribution in [0, 0.1) is 0 Å². The number of carbonyl (C=O) groups is 1. The molecule has 0 unspecified atom stereocenters. The lowest BCUT2D eigenvalue weighted by Gasteiger charge is -2.16. The van der Waals surface area contributed by atoms with Crippen LogP contribution in [0.4, 0.5) is 13.2 Å². The molecule has 0 atom stereocenters. The van der Waals surface area contributed by atoms with E-state index in [2.05, 4.69) is 9.46 Å². The standard InChI is InChI=1S/C16H16ClF3N2O4S2/c1-22(10-12-4-7-14(17)27-12)15(23)8-9-21-28(24,25)13-5-2-11(3-6-13)26-16(18,19)20/h2-7,21H,8-10H2,1H3. The molecule has 0 radical (unpaired) electrons. The summed E-state index contributed by atoms with van der Waals surface area (Å²) in [6.07, 6.45) is -4.94. The van der Waals surface area contributed by atoms with Gasteiger partial charge in [0.1, 0.15) is 5.75 Å². The van der Waals surface area contributed by atoms with Crippen LogP contribution in [0.3, 0.4) is 0 Å². The summed E-state index contributed by atoms with van der Waals surface area (Å²) in [7, 11) is -2.38. The van der Waals surface area contributed by atoms with Crippen LogP contribution in [0.25, 0.3) is 0 Å². The fourth-order valence-electron chi connectivity index (χ4n) is 2.15. The van der Waals surface area contributed by atoms with E-state index < -0.39 is 22.1 Å². The first-order chi connectivity index (χ1) is 13.0. The molecule has 0 fully saturated rings. The molecule has 154 valence electrons. The molecule has 0 aliphatic carbocycles. The van der Waals surface area contributed by atoms with E-state index in [4.69, 9.17) is 11.6 Å². The second-order valence-electron chi connectivity index (χ2n) is 5.62. The van der Waals surface area contributed by atoms with E-state index >= 15 is 0 Å². The van der Waals surface area contributed by atoms with E-state index in [1.165, 1.54) is 16.2 Å². The number of carbonyl (C=O) groups excluding carboxylic acids is 1. The molecule has 0 aliphatic rings. The van der Waals surface area contributed by atoms with Gasteiger partial charge in [-0.25, -0.2) is 13.1 Å². The summed E-state index contributed by atoms with van der Waals surface area (Å²) in [5.41, 5.74) is 0. The van der Waals surface area contributed by atoms with Crippen molar-refractivity contribution in [1.82, 2.24) is 9.62 Å². The minimum atomic E-state index is -4.86.